The summed E-state index contributed by atoms with van der Waals surface area (Å²) in [6.07, 6.45) is 2.02. The van der Waals surface area contributed by atoms with Crippen LogP contribution in [0.15, 0.2) is 60.8 Å². The Kier molecular flexibility index (Phi) is 6.26. The van der Waals surface area contributed by atoms with E-state index in [0.29, 0.717) is 5.75 Å². The Morgan fingerprint density at radius 3 is 2.85 bits per heavy atom. The highest BCUT2D eigenvalue weighted by atomic mass is 16.5. The van der Waals surface area contributed by atoms with Crippen molar-refractivity contribution in [3.63, 3.8) is 0 Å². The highest BCUT2D eigenvalue weighted by Gasteiger charge is 2.03. The van der Waals surface area contributed by atoms with Crippen LogP contribution in [0, 0.1) is 11.8 Å². The summed E-state index contributed by atoms with van der Waals surface area (Å²) in [5.74, 6) is 7.14. The summed E-state index contributed by atoms with van der Waals surface area (Å²) in [5, 5.41) is 3.80. The van der Waals surface area contributed by atoms with Gasteiger partial charge in [-0.15, -0.1) is 0 Å². The minimum atomic E-state index is -0.0864. The van der Waals surface area contributed by atoms with E-state index in [-0.39, 0.29) is 25.5 Å². The lowest BCUT2D eigenvalue weighted by Crippen LogP contribution is -2.25. The van der Waals surface area contributed by atoms with E-state index < -0.39 is 0 Å². The van der Waals surface area contributed by atoms with Gasteiger partial charge in [0.25, 0.3) is 0 Å². The summed E-state index contributed by atoms with van der Waals surface area (Å²) < 4.78 is 10.8. The number of hydrogen-bond donors (Lipinski definition) is 1. The molecule has 0 saturated carbocycles. The Labute approximate surface area is 158 Å². The number of amides is 1. The Hall–Kier alpha value is -3.52. The number of para-hydroxylation sites is 1. The number of pyridine rings is 1. The Bertz CT molecular complexity index is 984. The lowest BCUT2D eigenvalue weighted by atomic mass is 10.1. The van der Waals surface area contributed by atoms with Crippen molar-refractivity contribution in [2.24, 2.45) is 0 Å². The molecule has 0 aliphatic heterocycles. The fourth-order valence-electron chi connectivity index (χ4n) is 2.59. The third kappa shape index (κ3) is 5.23. The van der Waals surface area contributed by atoms with Gasteiger partial charge in [0.2, 0.25) is 5.91 Å². The SMILES string of the molecule is COc1cccc(CC(=O)NCC#CCOc2cccc3cccnc23)c1. The predicted molar refractivity (Wildman–Crippen MR) is 105 cm³/mol. The number of fused-ring (bicyclic) bond motifs is 1. The highest BCUT2D eigenvalue weighted by molar-refractivity contribution is 5.84. The lowest BCUT2D eigenvalue weighted by Gasteiger charge is -2.05. The second-order valence-corrected chi connectivity index (χ2v) is 5.78. The van der Waals surface area contributed by atoms with Crippen LogP contribution in [0.25, 0.3) is 10.9 Å². The minimum Gasteiger partial charge on any atom is -0.497 e. The number of rotatable bonds is 6. The Morgan fingerprint density at radius 2 is 1.96 bits per heavy atom. The molecule has 2 aromatic carbocycles. The maximum Gasteiger partial charge on any atom is 0.225 e. The summed E-state index contributed by atoms with van der Waals surface area (Å²) in [5.41, 5.74) is 1.71. The summed E-state index contributed by atoms with van der Waals surface area (Å²) in [6, 6.07) is 17.1. The topological polar surface area (TPSA) is 60.5 Å². The third-order valence-electron chi connectivity index (χ3n) is 3.89. The molecule has 0 fully saturated rings. The quantitative estimate of drug-likeness (QED) is 0.687. The first kappa shape index (κ1) is 18.3. The van der Waals surface area contributed by atoms with Gasteiger partial charge in [-0.05, 0) is 29.8 Å². The molecule has 1 heterocycles. The van der Waals surface area contributed by atoms with Crippen molar-refractivity contribution in [1.29, 1.82) is 0 Å². The zero-order chi connectivity index (χ0) is 18.9. The van der Waals surface area contributed by atoms with Gasteiger partial charge in [0.05, 0.1) is 20.1 Å². The molecule has 0 bridgehead atoms. The van der Waals surface area contributed by atoms with Gasteiger partial charge in [0, 0.05) is 11.6 Å². The monoisotopic (exact) mass is 360 g/mol. The van der Waals surface area contributed by atoms with Crippen LogP contribution in [0.5, 0.6) is 11.5 Å². The van der Waals surface area contributed by atoms with Crippen molar-refractivity contribution in [2.75, 3.05) is 20.3 Å². The van der Waals surface area contributed by atoms with Gasteiger partial charge in [-0.1, -0.05) is 42.2 Å². The molecule has 1 amide bonds. The average molecular weight is 360 g/mol. The van der Waals surface area contributed by atoms with Crippen molar-refractivity contribution < 1.29 is 14.3 Å². The number of aromatic nitrogens is 1. The standard InChI is InChI=1S/C22H20N2O3/c1-26-19-10-4-7-17(15-19)16-21(25)23-12-2-3-14-27-20-11-5-8-18-9-6-13-24-22(18)20/h4-11,13,15H,12,14,16H2,1H3,(H,23,25). The fourth-order valence-corrected chi connectivity index (χ4v) is 2.59. The molecule has 0 saturated heterocycles. The van der Waals surface area contributed by atoms with Crippen molar-refractivity contribution in [1.82, 2.24) is 10.3 Å². The van der Waals surface area contributed by atoms with Crippen LogP contribution in [-0.2, 0) is 11.2 Å². The van der Waals surface area contributed by atoms with E-state index in [0.717, 1.165) is 22.2 Å². The second kappa shape index (κ2) is 9.25. The summed E-state index contributed by atoms with van der Waals surface area (Å²) in [4.78, 5) is 16.3. The molecule has 1 N–H and O–H groups in total. The number of nitrogens with zero attached hydrogens (tertiary/aromatic N) is 1. The number of carbonyl (C=O) groups excluding carboxylic acids is 1. The molecule has 0 atom stereocenters. The molecule has 27 heavy (non-hydrogen) atoms. The largest absolute Gasteiger partial charge is 0.497 e. The molecule has 0 aliphatic carbocycles. The zero-order valence-corrected chi connectivity index (χ0v) is 15.1. The predicted octanol–water partition coefficient (Wildman–Crippen LogP) is 2.98. The van der Waals surface area contributed by atoms with Crippen LogP contribution in [-0.4, -0.2) is 31.2 Å². The molecule has 0 unspecified atom stereocenters. The number of methoxy groups -OCH3 is 1. The van der Waals surface area contributed by atoms with Crippen molar-refractivity contribution in [3.8, 4) is 23.3 Å². The molecular formula is C22H20N2O3. The van der Waals surface area contributed by atoms with Crippen LogP contribution in [0.2, 0.25) is 0 Å². The molecule has 3 rings (SSSR count). The van der Waals surface area contributed by atoms with Crippen LogP contribution in [0.3, 0.4) is 0 Å². The van der Waals surface area contributed by atoms with Crippen molar-refractivity contribution in [2.45, 2.75) is 6.42 Å². The van der Waals surface area contributed by atoms with Gasteiger partial charge < -0.3 is 14.8 Å². The first-order valence-corrected chi connectivity index (χ1v) is 8.58. The molecule has 3 aromatic rings. The number of carbonyl (C=O) groups is 1. The van der Waals surface area contributed by atoms with Gasteiger partial charge >= 0.3 is 0 Å². The maximum absolute atomic E-state index is 12.0. The van der Waals surface area contributed by atoms with E-state index in [1.54, 1.807) is 13.3 Å². The van der Waals surface area contributed by atoms with Crippen LogP contribution < -0.4 is 14.8 Å². The molecule has 0 radical (unpaired) electrons. The minimum absolute atomic E-state index is 0.0864. The highest BCUT2D eigenvalue weighted by Crippen LogP contribution is 2.22. The van der Waals surface area contributed by atoms with Gasteiger partial charge in [-0.25, -0.2) is 0 Å². The molecule has 136 valence electrons. The Balaban J connectivity index is 1.44. The first-order valence-electron chi connectivity index (χ1n) is 8.58. The normalized spacial score (nSPS) is 9.96. The lowest BCUT2D eigenvalue weighted by molar-refractivity contribution is -0.120. The molecule has 0 spiro atoms. The number of benzene rings is 2. The molecule has 0 aliphatic rings. The first-order chi connectivity index (χ1) is 13.3. The van der Waals surface area contributed by atoms with Gasteiger partial charge in [0.1, 0.15) is 23.6 Å². The molecular weight excluding hydrogens is 340 g/mol. The van der Waals surface area contributed by atoms with Gasteiger partial charge in [-0.3, -0.25) is 9.78 Å². The third-order valence-corrected chi connectivity index (χ3v) is 3.89. The summed E-state index contributed by atoms with van der Waals surface area (Å²) >= 11 is 0. The van der Waals surface area contributed by atoms with Crippen LogP contribution in [0.1, 0.15) is 5.56 Å². The number of nitrogens with one attached hydrogen (secondary N) is 1. The van der Waals surface area contributed by atoms with Crippen molar-refractivity contribution >= 4 is 16.8 Å². The zero-order valence-electron chi connectivity index (χ0n) is 15.1. The Morgan fingerprint density at radius 1 is 1.11 bits per heavy atom. The van der Waals surface area contributed by atoms with Gasteiger partial charge in [-0.2, -0.15) is 0 Å². The van der Waals surface area contributed by atoms with E-state index in [4.69, 9.17) is 9.47 Å². The van der Waals surface area contributed by atoms with Gasteiger partial charge in [0.15, 0.2) is 0 Å². The number of hydrogen-bond acceptors (Lipinski definition) is 4. The van der Waals surface area contributed by atoms with E-state index >= 15 is 0 Å². The molecule has 5 nitrogen and oxygen atoms in total. The fraction of sp³-hybridized carbons (Fsp3) is 0.182. The van der Waals surface area contributed by atoms with E-state index in [2.05, 4.69) is 22.1 Å². The smallest absolute Gasteiger partial charge is 0.225 e. The van der Waals surface area contributed by atoms with E-state index in [1.807, 2.05) is 54.6 Å². The van der Waals surface area contributed by atoms with E-state index in [1.165, 1.54) is 0 Å². The summed E-state index contributed by atoms with van der Waals surface area (Å²) in [7, 11) is 1.60. The number of ether oxygens (including phenoxy) is 2. The summed E-state index contributed by atoms with van der Waals surface area (Å²) in [6.45, 7) is 0.515. The van der Waals surface area contributed by atoms with E-state index in [9.17, 15) is 4.79 Å². The van der Waals surface area contributed by atoms with Crippen molar-refractivity contribution in [3.05, 3.63) is 66.4 Å². The maximum atomic E-state index is 12.0. The van der Waals surface area contributed by atoms with Crippen LogP contribution >= 0.6 is 0 Å². The second-order valence-electron chi connectivity index (χ2n) is 5.78. The molecule has 1 aromatic heterocycles. The van der Waals surface area contributed by atoms with Crippen LogP contribution in [0.4, 0.5) is 0 Å². The average Bonchev–Trinajstić information content (AvgIpc) is 2.70. The molecule has 5 heteroatoms.